The van der Waals surface area contributed by atoms with Gasteiger partial charge in [0.05, 0.1) is 24.6 Å². The molecule has 0 aromatic carbocycles. The first-order valence-electron chi connectivity index (χ1n) is 5.63. The SMILES string of the molecule is CCCOc1cncc(C(=O)c2cn[nH]c2N)c1. The summed E-state index contributed by atoms with van der Waals surface area (Å²) in [6, 6.07) is 1.65. The predicted molar refractivity (Wildman–Crippen MR) is 66.5 cm³/mol. The fraction of sp³-hybridized carbons (Fsp3) is 0.250. The van der Waals surface area contributed by atoms with Crippen LogP contribution in [0.3, 0.4) is 0 Å². The van der Waals surface area contributed by atoms with Crippen molar-refractivity contribution in [3.63, 3.8) is 0 Å². The second-order valence-electron chi connectivity index (χ2n) is 3.78. The number of nitrogen functional groups attached to an aromatic ring is 1. The molecule has 2 aromatic heterocycles. The van der Waals surface area contributed by atoms with Crippen molar-refractivity contribution in [3.05, 3.63) is 35.8 Å². The van der Waals surface area contributed by atoms with Crippen molar-refractivity contribution in [1.29, 1.82) is 0 Å². The Labute approximate surface area is 104 Å². The number of nitrogens with two attached hydrogens (primary N) is 1. The molecule has 0 spiro atoms. The molecule has 0 aliphatic carbocycles. The van der Waals surface area contributed by atoms with Crippen LogP contribution in [0, 0.1) is 0 Å². The van der Waals surface area contributed by atoms with Gasteiger partial charge in [0.15, 0.2) is 5.78 Å². The highest BCUT2D eigenvalue weighted by Gasteiger charge is 2.15. The number of pyridine rings is 1. The van der Waals surface area contributed by atoms with Gasteiger partial charge in [0, 0.05) is 11.8 Å². The Hall–Kier alpha value is -2.37. The third kappa shape index (κ3) is 2.48. The number of aromatic amines is 1. The largest absolute Gasteiger partial charge is 0.492 e. The molecule has 0 saturated carbocycles. The number of ether oxygens (including phenoxy) is 1. The summed E-state index contributed by atoms with van der Waals surface area (Å²) >= 11 is 0. The standard InChI is InChI=1S/C12H14N4O2/c1-2-3-18-9-4-8(5-14-6-9)11(17)10-7-15-16-12(10)13/h4-7H,2-3H2,1H3,(H3,13,15,16). The zero-order valence-electron chi connectivity index (χ0n) is 10.0. The Kier molecular flexibility index (Phi) is 3.57. The van der Waals surface area contributed by atoms with Crippen LogP contribution in [0.2, 0.25) is 0 Å². The van der Waals surface area contributed by atoms with E-state index in [1.165, 1.54) is 12.4 Å². The molecule has 2 rings (SSSR count). The lowest BCUT2D eigenvalue weighted by atomic mass is 10.1. The minimum absolute atomic E-state index is 0.226. The molecule has 0 amide bonds. The number of ketones is 1. The van der Waals surface area contributed by atoms with E-state index < -0.39 is 0 Å². The molecule has 0 aliphatic heterocycles. The molecule has 2 heterocycles. The second kappa shape index (κ2) is 5.31. The van der Waals surface area contributed by atoms with E-state index in [0.29, 0.717) is 23.5 Å². The van der Waals surface area contributed by atoms with Crippen LogP contribution in [0.25, 0.3) is 0 Å². The molecule has 0 radical (unpaired) electrons. The van der Waals surface area contributed by atoms with Gasteiger partial charge >= 0.3 is 0 Å². The molecule has 0 fully saturated rings. The maximum Gasteiger partial charge on any atom is 0.200 e. The fourth-order valence-electron chi connectivity index (χ4n) is 1.47. The lowest BCUT2D eigenvalue weighted by Gasteiger charge is -2.05. The lowest BCUT2D eigenvalue weighted by Crippen LogP contribution is -2.05. The predicted octanol–water partition coefficient (Wildman–Crippen LogP) is 1.41. The molecule has 3 N–H and O–H groups in total. The molecular weight excluding hydrogens is 232 g/mol. The molecule has 18 heavy (non-hydrogen) atoms. The molecule has 94 valence electrons. The normalized spacial score (nSPS) is 10.3. The van der Waals surface area contributed by atoms with Gasteiger partial charge in [-0.15, -0.1) is 0 Å². The van der Waals surface area contributed by atoms with Crippen LogP contribution in [-0.4, -0.2) is 27.6 Å². The first-order valence-corrected chi connectivity index (χ1v) is 5.63. The number of hydrogen-bond donors (Lipinski definition) is 2. The Morgan fingerprint density at radius 1 is 1.44 bits per heavy atom. The monoisotopic (exact) mass is 246 g/mol. The number of rotatable bonds is 5. The van der Waals surface area contributed by atoms with E-state index in [2.05, 4.69) is 15.2 Å². The number of H-pyrrole nitrogens is 1. The van der Waals surface area contributed by atoms with Crippen LogP contribution in [0.15, 0.2) is 24.7 Å². The van der Waals surface area contributed by atoms with Gasteiger partial charge < -0.3 is 10.5 Å². The molecule has 0 bridgehead atoms. The number of nitrogens with zero attached hydrogens (tertiary/aromatic N) is 2. The Morgan fingerprint density at radius 3 is 2.94 bits per heavy atom. The van der Waals surface area contributed by atoms with Crippen molar-refractivity contribution in [2.75, 3.05) is 12.3 Å². The van der Waals surface area contributed by atoms with Crippen molar-refractivity contribution >= 4 is 11.6 Å². The zero-order valence-corrected chi connectivity index (χ0v) is 10.0. The summed E-state index contributed by atoms with van der Waals surface area (Å²) in [5.41, 5.74) is 6.37. The van der Waals surface area contributed by atoms with Gasteiger partial charge in [-0.3, -0.25) is 14.9 Å². The van der Waals surface area contributed by atoms with Gasteiger partial charge in [-0.2, -0.15) is 5.10 Å². The van der Waals surface area contributed by atoms with Gasteiger partial charge in [-0.05, 0) is 12.5 Å². The molecule has 2 aromatic rings. The smallest absolute Gasteiger partial charge is 0.200 e. The molecule has 0 atom stereocenters. The van der Waals surface area contributed by atoms with Crippen LogP contribution in [0.5, 0.6) is 5.75 Å². The van der Waals surface area contributed by atoms with Gasteiger partial charge in [0.1, 0.15) is 11.6 Å². The van der Waals surface area contributed by atoms with E-state index in [4.69, 9.17) is 10.5 Å². The fourth-order valence-corrected chi connectivity index (χ4v) is 1.47. The maximum absolute atomic E-state index is 12.1. The summed E-state index contributed by atoms with van der Waals surface area (Å²) in [5, 5.41) is 6.24. The second-order valence-corrected chi connectivity index (χ2v) is 3.78. The molecule has 0 aliphatic rings. The minimum Gasteiger partial charge on any atom is -0.492 e. The van der Waals surface area contributed by atoms with Crippen molar-refractivity contribution in [1.82, 2.24) is 15.2 Å². The van der Waals surface area contributed by atoms with Gasteiger partial charge in [-0.25, -0.2) is 0 Å². The minimum atomic E-state index is -0.226. The topological polar surface area (TPSA) is 93.9 Å². The first-order chi connectivity index (χ1) is 8.72. The first kappa shape index (κ1) is 12.1. The third-order valence-corrected chi connectivity index (χ3v) is 2.36. The number of carbonyl (C=O) groups is 1. The molecule has 6 heteroatoms. The van der Waals surface area contributed by atoms with Crippen molar-refractivity contribution < 1.29 is 9.53 Å². The van der Waals surface area contributed by atoms with E-state index in [1.54, 1.807) is 12.3 Å². The highest BCUT2D eigenvalue weighted by atomic mass is 16.5. The van der Waals surface area contributed by atoms with E-state index in [9.17, 15) is 4.79 Å². The van der Waals surface area contributed by atoms with Gasteiger partial charge in [0.25, 0.3) is 0 Å². The summed E-state index contributed by atoms with van der Waals surface area (Å²) in [6.45, 7) is 2.60. The summed E-state index contributed by atoms with van der Waals surface area (Å²) in [6.07, 6.45) is 5.35. The Balaban J connectivity index is 2.23. The summed E-state index contributed by atoms with van der Waals surface area (Å²) in [5.74, 6) is 0.598. The van der Waals surface area contributed by atoms with E-state index in [-0.39, 0.29) is 11.6 Å². The van der Waals surface area contributed by atoms with E-state index >= 15 is 0 Å². The van der Waals surface area contributed by atoms with Gasteiger partial charge in [-0.1, -0.05) is 6.92 Å². The van der Waals surface area contributed by atoms with Crippen LogP contribution >= 0.6 is 0 Å². The Bertz CT molecular complexity index is 551. The van der Waals surface area contributed by atoms with Crippen LogP contribution < -0.4 is 10.5 Å². The van der Waals surface area contributed by atoms with Gasteiger partial charge in [0.2, 0.25) is 0 Å². The lowest BCUT2D eigenvalue weighted by molar-refractivity contribution is 0.103. The molecule has 6 nitrogen and oxygen atoms in total. The summed E-state index contributed by atoms with van der Waals surface area (Å²) < 4.78 is 5.42. The quantitative estimate of drug-likeness (QED) is 0.778. The van der Waals surface area contributed by atoms with Crippen molar-refractivity contribution in [2.24, 2.45) is 0 Å². The van der Waals surface area contributed by atoms with Crippen LogP contribution in [0.4, 0.5) is 5.82 Å². The van der Waals surface area contributed by atoms with E-state index in [1.807, 2.05) is 6.92 Å². The number of carbonyl (C=O) groups excluding carboxylic acids is 1. The average Bonchev–Trinajstić information content (AvgIpc) is 2.82. The van der Waals surface area contributed by atoms with Crippen LogP contribution in [-0.2, 0) is 0 Å². The summed E-state index contributed by atoms with van der Waals surface area (Å²) in [7, 11) is 0. The maximum atomic E-state index is 12.1. The number of hydrogen-bond acceptors (Lipinski definition) is 5. The van der Waals surface area contributed by atoms with Crippen molar-refractivity contribution in [2.45, 2.75) is 13.3 Å². The molecular formula is C12H14N4O2. The number of nitrogens with one attached hydrogen (secondary N) is 1. The average molecular weight is 246 g/mol. The molecule has 0 unspecified atom stereocenters. The number of anilines is 1. The Morgan fingerprint density at radius 2 is 2.28 bits per heavy atom. The van der Waals surface area contributed by atoms with E-state index in [0.717, 1.165) is 6.42 Å². The summed E-state index contributed by atoms with van der Waals surface area (Å²) in [4.78, 5) is 16.1. The molecule has 0 saturated heterocycles. The third-order valence-electron chi connectivity index (χ3n) is 2.36. The highest BCUT2D eigenvalue weighted by Crippen LogP contribution is 2.17. The van der Waals surface area contributed by atoms with Crippen LogP contribution in [0.1, 0.15) is 29.3 Å². The van der Waals surface area contributed by atoms with Crippen molar-refractivity contribution in [3.8, 4) is 5.75 Å². The highest BCUT2D eigenvalue weighted by molar-refractivity contribution is 6.11. The zero-order chi connectivity index (χ0) is 13.0. The number of aromatic nitrogens is 3.